The van der Waals surface area contributed by atoms with Crippen LogP contribution in [-0.4, -0.2) is 21.7 Å². The first-order valence-corrected chi connectivity index (χ1v) is 29.9. The van der Waals surface area contributed by atoms with Crippen molar-refractivity contribution in [2.24, 2.45) is 11.3 Å². The van der Waals surface area contributed by atoms with E-state index in [1.54, 1.807) is 27.9 Å². The number of hydrogen-bond donors (Lipinski definition) is 0. The van der Waals surface area contributed by atoms with Crippen molar-refractivity contribution in [2.75, 3.05) is 4.90 Å². The summed E-state index contributed by atoms with van der Waals surface area (Å²) in [5.74, 6) is 0.529. The average molecular weight is 1020 g/mol. The zero-order chi connectivity index (χ0) is 52.2. The summed E-state index contributed by atoms with van der Waals surface area (Å²) >= 11 is 4.10. The van der Waals surface area contributed by atoms with Gasteiger partial charge in [0.15, 0.2) is 0 Å². The van der Waals surface area contributed by atoms with Gasteiger partial charge in [-0.25, -0.2) is 0 Å². The molecule has 4 unspecified atom stereocenters. The van der Waals surface area contributed by atoms with Gasteiger partial charge < -0.3 is 14.4 Å². The van der Waals surface area contributed by atoms with E-state index in [0.717, 1.165) is 32.1 Å². The maximum Gasteiger partial charge on any atom is 0.221 e. The molecule has 0 radical (unpaired) electrons. The first kappa shape index (κ1) is 47.9. The van der Waals surface area contributed by atoms with Crippen molar-refractivity contribution >= 4 is 88.4 Å². The summed E-state index contributed by atoms with van der Waals surface area (Å²) in [6.45, 7) is 33.5. The van der Waals surface area contributed by atoms with Crippen molar-refractivity contribution in [3.63, 3.8) is 0 Å². The predicted molar refractivity (Wildman–Crippen MR) is 325 cm³/mol. The quantitative estimate of drug-likeness (QED) is 0.163. The van der Waals surface area contributed by atoms with Crippen LogP contribution >= 0.6 is 22.7 Å². The number of aromatic nitrogens is 1. The molecule has 1 saturated carbocycles. The molecular formula is C69H74BN3S2. The van der Waals surface area contributed by atoms with E-state index in [0.29, 0.717) is 0 Å². The molecule has 14 rings (SSSR count). The topological polar surface area (TPSA) is 11.4 Å². The molecule has 0 N–H and O–H groups in total. The lowest BCUT2D eigenvalue weighted by Crippen LogP contribution is -2.58. The van der Waals surface area contributed by atoms with Crippen LogP contribution in [0.25, 0.3) is 47.6 Å². The lowest BCUT2D eigenvalue weighted by molar-refractivity contribution is 0.311. The first-order chi connectivity index (χ1) is 35.5. The van der Waals surface area contributed by atoms with Gasteiger partial charge in [0.25, 0.3) is 0 Å². The molecule has 5 aliphatic carbocycles. The number of aryl methyl sites for hydroxylation is 3. The van der Waals surface area contributed by atoms with Gasteiger partial charge in [-0.3, -0.25) is 0 Å². The Morgan fingerprint density at radius 1 is 0.667 bits per heavy atom. The van der Waals surface area contributed by atoms with Crippen LogP contribution in [0.1, 0.15) is 154 Å². The van der Waals surface area contributed by atoms with Gasteiger partial charge in [-0.2, -0.15) is 0 Å². The highest BCUT2D eigenvalue weighted by atomic mass is 32.1. The van der Waals surface area contributed by atoms with Crippen molar-refractivity contribution < 1.29 is 0 Å². The largest absolute Gasteiger partial charge is 0.338 e. The summed E-state index contributed by atoms with van der Waals surface area (Å²) in [6, 6.07) is 31.5. The highest BCUT2D eigenvalue weighted by Crippen LogP contribution is 2.72. The zero-order valence-electron chi connectivity index (χ0n) is 47.0. The maximum absolute atomic E-state index is 3.08. The number of anilines is 2. The molecule has 4 aromatic carbocycles. The minimum absolute atomic E-state index is 0.0475. The fourth-order valence-corrected chi connectivity index (χ4v) is 17.4. The third-order valence-corrected chi connectivity index (χ3v) is 21.2. The highest BCUT2D eigenvalue weighted by Gasteiger charge is 2.72. The third-order valence-electron chi connectivity index (χ3n) is 18.8. The maximum atomic E-state index is 3.08. The van der Waals surface area contributed by atoms with E-state index in [9.17, 15) is 0 Å². The van der Waals surface area contributed by atoms with Crippen LogP contribution in [0, 0.1) is 25.2 Å². The van der Waals surface area contributed by atoms with E-state index >= 15 is 0 Å². The molecule has 2 fully saturated rings. The third kappa shape index (κ3) is 6.82. The molecule has 7 aromatic rings. The standard InChI is InChI=1S/C69H74BN3S2/c1-39-33-41(65(3,4)5)26-29-51(39)71(52-30-27-42(34-40(52)2)66(6,7)8)53-31-32-59-69(38-49(53)69)73(54-23-18-20-46-45-28-25-43(67(9,10)11)37-58(45)75-63(46)54)56-36-44(68(12,13)14)35-55-60(56)70(59)50-22-17-21-48-61(50)72(55)62-47-19-15-16-24-57(47)74-64(48)62/h15-16,19-20,22,24-37,49,55,60H,17-18,21,23,38H2,1-14H3. The second-order valence-corrected chi connectivity index (χ2v) is 29.8. The van der Waals surface area contributed by atoms with Crippen molar-refractivity contribution in [3.8, 4) is 0 Å². The molecular weight excluding hydrogens is 946 g/mol. The fraction of sp³-hybridized carbons (Fsp3) is 0.391. The van der Waals surface area contributed by atoms with Crippen LogP contribution in [0.3, 0.4) is 0 Å². The average Bonchev–Trinajstić information content (AvgIpc) is 3.78. The summed E-state index contributed by atoms with van der Waals surface area (Å²) in [7, 11) is 0. The van der Waals surface area contributed by atoms with Crippen LogP contribution in [0.5, 0.6) is 0 Å². The van der Waals surface area contributed by atoms with E-state index in [-0.39, 0.29) is 51.7 Å². The van der Waals surface area contributed by atoms with Gasteiger partial charge in [0.05, 0.1) is 26.3 Å². The molecule has 6 heteroatoms. The van der Waals surface area contributed by atoms with Crippen LogP contribution in [0.15, 0.2) is 132 Å². The molecule has 3 nitrogen and oxygen atoms in total. The van der Waals surface area contributed by atoms with E-state index in [4.69, 9.17) is 0 Å². The van der Waals surface area contributed by atoms with Crippen molar-refractivity contribution in [3.05, 3.63) is 181 Å². The van der Waals surface area contributed by atoms with Crippen molar-refractivity contribution in [1.82, 2.24) is 9.47 Å². The lowest BCUT2D eigenvalue weighted by atomic mass is 9.25. The van der Waals surface area contributed by atoms with Crippen molar-refractivity contribution in [1.29, 1.82) is 0 Å². The SMILES string of the molecule is Cc1cc(C(C)(C)C)ccc1N(C1=CC=C2B3C4=CCCc5c4n(c4c5sc5ccccc54)C4C=C(C(C)(C)C)C=C(C34)N(C3=c4sc5cc(C(C)(C)C)ccc5c4=CCC3)C23CC13)c1ccc(C(C)(C)C)cc1C. The molecule has 4 atom stereocenters. The van der Waals surface area contributed by atoms with Gasteiger partial charge in [-0.1, -0.05) is 173 Å². The van der Waals surface area contributed by atoms with Crippen LogP contribution in [-0.2, 0) is 22.7 Å². The number of benzene rings is 4. The Morgan fingerprint density at radius 3 is 1.99 bits per heavy atom. The molecule has 380 valence electrons. The zero-order valence-corrected chi connectivity index (χ0v) is 48.6. The molecule has 1 spiro atoms. The van der Waals surface area contributed by atoms with Gasteiger partial charge in [0.1, 0.15) is 0 Å². The Bertz CT molecular complexity index is 3910. The van der Waals surface area contributed by atoms with Crippen molar-refractivity contribution in [2.45, 2.75) is 163 Å². The summed E-state index contributed by atoms with van der Waals surface area (Å²) < 4.78 is 8.74. The minimum atomic E-state index is -0.229. The van der Waals surface area contributed by atoms with E-state index in [2.05, 4.69) is 238 Å². The lowest BCUT2D eigenvalue weighted by Gasteiger charge is -2.57. The number of nitrogens with zero attached hydrogens (tertiary/aromatic N) is 3. The summed E-state index contributed by atoms with van der Waals surface area (Å²) in [6.07, 6.45) is 21.5. The predicted octanol–water partition coefficient (Wildman–Crippen LogP) is 17.4. The first-order valence-electron chi connectivity index (χ1n) is 28.2. The van der Waals surface area contributed by atoms with Gasteiger partial charge in [0, 0.05) is 66.1 Å². The fourth-order valence-electron chi connectivity index (χ4n) is 14.8. The summed E-state index contributed by atoms with van der Waals surface area (Å²) in [5, 5.41) is 4.29. The number of allylic oxidation sites excluding steroid dienone is 7. The molecule has 0 amide bonds. The molecule has 75 heavy (non-hydrogen) atoms. The molecule has 5 heterocycles. The minimum Gasteiger partial charge on any atom is -0.338 e. The summed E-state index contributed by atoms with van der Waals surface area (Å²) in [5.41, 5.74) is 23.1. The Morgan fingerprint density at radius 2 is 1.32 bits per heavy atom. The second-order valence-electron chi connectivity index (χ2n) is 27.7. The van der Waals surface area contributed by atoms with E-state index < -0.39 is 0 Å². The Hall–Kier alpha value is -5.56. The molecule has 1 saturated heterocycles. The van der Waals surface area contributed by atoms with E-state index in [1.807, 2.05) is 11.3 Å². The Labute approximate surface area is 454 Å². The molecule has 0 bridgehead atoms. The second kappa shape index (κ2) is 15.8. The van der Waals surface area contributed by atoms with Gasteiger partial charge >= 0.3 is 0 Å². The normalized spacial score (nSPS) is 22.9. The summed E-state index contributed by atoms with van der Waals surface area (Å²) in [4.78, 5) is 5.81. The molecule has 7 aliphatic rings. The monoisotopic (exact) mass is 1020 g/mol. The Balaban J connectivity index is 1.07. The number of fused-ring (bicyclic) bond motifs is 11. The van der Waals surface area contributed by atoms with Gasteiger partial charge in [-0.15, -0.1) is 22.7 Å². The Kier molecular flexibility index (Phi) is 10.1. The number of rotatable bonds is 4. The van der Waals surface area contributed by atoms with E-state index in [1.165, 1.54) is 96.3 Å². The highest BCUT2D eigenvalue weighted by molar-refractivity contribution is 7.26. The van der Waals surface area contributed by atoms with Crippen LogP contribution in [0.2, 0.25) is 5.82 Å². The smallest absolute Gasteiger partial charge is 0.221 e. The van der Waals surface area contributed by atoms with Gasteiger partial charge in [-0.05, 0) is 148 Å². The number of thiophene rings is 2. The molecule has 3 aromatic heterocycles. The van der Waals surface area contributed by atoms with Gasteiger partial charge in [0.2, 0.25) is 6.71 Å². The molecule has 2 aliphatic heterocycles. The number of hydrogen-bond acceptors (Lipinski definition) is 4. The van der Waals surface area contributed by atoms with Crippen LogP contribution in [0.4, 0.5) is 11.4 Å². The van der Waals surface area contributed by atoms with Crippen LogP contribution < -0.4 is 14.7 Å².